The minimum absolute atomic E-state index is 0.240. The van der Waals surface area contributed by atoms with Crippen molar-refractivity contribution in [2.45, 2.75) is 59.2 Å². The normalized spacial score (nSPS) is 21.1. The van der Waals surface area contributed by atoms with E-state index in [1.807, 2.05) is 19.9 Å². The molecule has 1 N–H and O–H groups in total. The van der Waals surface area contributed by atoms with Gasteiger partial charge in [0.2, 0.25) is 0 Å². The van der Waals surface area contributed by atoms with Crippen LogP contribution in [0.1, 0.15) is 46.4 Å². The van der Waals surface area contributed by atoms with Crippen LogP contribution < -0.4 is 5.32 Å². The number of nitrogens with one attached hydrogen (secondary N) is 1. The van der Waals surface area contributed by atoms with Crippen molar-refractivity contribution in [1.29, 1.82) is 5.26 Å². The van der Waals surface area contributed by atoms with Crippen LogP contribution in [0.15, 0.2) is 24.2 Å². The van der Waals surface area contributed by atoms with Crippen molar-refractivity contribution in [3.63, 3.8) is 0 Å². The fraction of sp³-hybridized carbons (Fsp3) is 0.478. The second-order valence-corrected chi connectivity index (χ2v) is 8.16. The summed E-state index contributed by atoms with van der Waals surface area (Å²) in [5.41, 5.74) is 1.71. The van der Waals surface area contributed by atoms with E-state index in [0.717, 1.165) is 5.57 Å². The van der Waals surface area contributed by atoms with E-state index in [2.05, 4.69) is 21.4 Å². The SMILES string of the molecule is CC(=O)OCC1O[C@@H](n2cc(C#N)c3c(NCC=C(C)C)ncnc32)[C@H](OC(C)=O)C1OC(C)=O. The summed E-state index contributed by atoms with van der Waals surface area (Å²) in [5.74, 6) is -1.38. The molecule has 0 bridgehead atoms. The number of nitriles is 1. The van der Waals surface area contributed by atoms with E-state index < -0.39 is 42.4 Å². The number of anilines is 1. The van der Waals surface area contributed by atoms with E-state index in [0.29, 0.717) is 23.4 Å². The van der Waals surface area contributed by atoms with Crippen molar-refractivity contribution in [1.82, 2.24) is 14.5 Å². The highest BCUT2D eigenvalue weighted by Gasteiger charge is 2.51. The van der Waals surface area contributed by atoms with Crippen molar-refractivity contribution in [2.24, 2.45) is 0 Å². The maximum atomic E-state index is 11.9. The number of fused-ring (bicyclic) bond motifs is 1. The Labute approximate surface area is 201 Å². The lowest BCUT2D eigenvalue weighted by Crippen LogP contribution is -2.40. The van der Waals surface area contributed by atoms with Gasteiger partial charge in [-0.15, -0.1) is 0 Å². The molecule has 0 radical (unpaired) electrons. The molecule has 12 nitrogen and oxygen atoms in total. The van der Waals surface area contributed by atoms with Gasteiger partial charge >= 0.3 is 17.9 Å². The zero-order valence-corrected chi connectivity index (χ0v) is 20.1. The lowest BCUT2D eigenvalue weighted by molar-refractivity contribution is -0.166. The number of ether oxygens (including phenoxy) is 4. The Hall–Kier alpha value is -3.98. The van der Waals surface area contributed by atoms with Gasteiger partial charge in [0.1, 0.15) is 36.6 Å². The number of hydrogen-bond acceptors (Lipinski definition) is 11. The fourth-order valence-corrected chi connectivity index (χ4v) is 3.77. The molecule has 12 heteroatoms. The van der Waals surface area contributed by atoms with E-state index in [4.69, 9.17) is 18.9 Å². The van der Waals surface area contributed by atoms with Gasteiger partial charge in [-0.2, -0.15) is 5.26 Å². The number of esters is 3. The summed E-state index contributed by atoms with van der Waals surface area (Å²) in [7, 11) is 0. The summed E-state index contributed by atoms with van der Waals surface area (Å²) in [6.07, 6.45) is 0.673. The van der Waals surface area contributed by atoms with Crippen LogP contribution in [0, 0.1) is 11.3 Å². The predicted molar refractivity (Wildman–Crippen MR) is 122 cm³/mol. The highest BCUT2D eigenvalue weighted by atomic mass is 16.7. The minimum atomic E-state index is -1.10. The van der Waals surface area contributed by atoms with Gasteiger partial charge < -0.3 is 28.8 Å². The number of rotatable bonds is 8. The molecule has 1 saturated heterocycles. The molecule has 0 aliphatic carbocycles. The first-order chi connectivity index (χ1) is 16.6. The topological polar surface area (TPSA) is 155 Å². The van der Waals surface area contributed by atoms with Gasteiger partial charge in [0.05, 0.1) is 10.9 Å². The average Bonchev–Trinajstić information content (AvgIpc) is 3.30. The number of aromatic nitrogens is 3. The number of nitrogens with zero attached hydrogens (tertiary/aromatic N) is 4. The first kappa shape index (κ1) is 25.6. The molecular weight excluding hydrogens is 458 g/mol. The minimum Gasteiger partial charge on any atom is -0.463 e. The van der Waals surface area contributed by atoms with Crippen molar-refractivity contribution in [2.75, 3.05) is 18.5 Å². The van der Waals surface area contributed by atoms with Gasteiger partial charge in [0.25, 0.3) is 0 Å². The summed E-state index contributed by atoms with van der Waals surface area (Å²) < 4.78 is 23.6. The maximum absolute atomic E-state index is 11.9. The van der Waals surface area contributed by atoms with Gasteiger partial charge in [-0.3, -0.25) is 14.4 Å². The van der Waals surface area contributed by atoms with Gasteiger partial charge in [0, 0.05) is 33.5 Å². The summed E-state index contributed by atoms with van der Waals surface area (Å²) in [5, 5.41) is 13.4. The van der Waals surface area contributed by atoms with Gasteiger partial charge in [-0.1, -0.05) is 11.6 Å². The van der Waals surface area contributed by atoms with Crippen LogP contribution in [0.4, 0.5) is 5.82 Å². The third kappa shape index (κ3) is 5.93. The van der Waals surface area contributed by atoms with Crippen LogP contribution >= 0.6 is 0 Å². The van der Waals surface area contributed by atoms with Crippen molar-refractivity contribution >= 4 is 34.8 Å². The molecule has 2 aromatic heterocycles. The molecule has 0 amide bonds. The molecule has 35 heavy (non-hydrogen) atoms. The number of hydrogen-bond donors (Lipinski definition) is 1. The number of carbonyl (C=O) groups is 3. The molecule has 3 rings (SSSR count). The third-order valence-corrected chi connectivity index (χ3v) is 5.12. The molecule has 0 spiro atoms. The molecule has 3 heterocycles. The van der Waals surface area contributed by atoms with Gasteiger partial charge in [0.15, 0.2) is 18.4 Å². The Morgan fingerprint density at radius 1 is 1.11 bits per heavy atom. The molecule has 2 aromatic rings. The van der Waals surface area contributed by atoms with E-state index in [1.165, 1.54) is 37.9 Å². The second kappa shape index (κ2) is 11.0. The number of carbonyl (C=O) groups excluding carboxylic acids is 3. The average molecular weight is 485 g/mol. The Kier molecular flexibility index (Phi) is 8.03. The summed E-state index contributed by atoms with van der Waals surface area (Å²) in [6.45, 7) is 7.83. The first-order valence-electron chi connectivity index (χ1n) is 10.9. The van der Waals surface area contributed by atoms with E-state index >= 15 is 0 Å². The molecular formula is C23H27N5O7. The first-order valence-corrected chi connectivity index (χ1v) is 10.9. The highest BCUT2D eigenvalue weighted by molar-refractivity contribution is 5.93. The van der Waals surface area contributed by atoms with Crippen molar-refractivity contribution < 1.29 is 33.3 Å². The second-order valence-electron chi connectivity index (χ2n) is 8.16. The smallest absolute Gasteiger partial charge is 0.303 e. The molecule has 1 aliphatic heterocycles. The molecule has 186 valence electrons. The summed E-state index contributed by atoms with van der Waals surface area (Å²) in [6, 6.07) is 2.13. The van der Waals surface area contributed by atoms with Crippen LogP contribution in [-0.2, 0) is 33.3 Å². The van der Waals surface area contributed by atoms with E-state index in [1.54, 1.807) is 0 Å². The summed E-state index contributed by atoms with van der Waals surface area (Å²) >= 11 is 0. The molecule has 2 unspecified atom stereocenters. The predicted octanol–water partition coefficient (Wildman–Crippen LogP) is 2.00. The van der Waals surface area contributed by atoms with E-state index in [9.17, 15) is 19.6 Å². The Bertz CT molecular complexity index is 1190. The monoisotopic (exact) mass is 485 g/mol. The standard InChI is InChI=1S/C23H27N5O7/c1-12(2)6-7-25-21-18-16(8-24)9-28(22(18)27-11-26-21)23-20(34-15(5)31)19(33-14(4)30)17(35-23)10-32-13(3)29/h6,9,11,17,19-20,23H,7,10H2,1-5H3,(H,25,26,27)/t17?,19?,20-,23-/m1/s1. The molecule has 4 atom stereocenters. The van der Waals surface area contributed by atoms with Gasteiger partial charge in [-0.05, 0) is 13.8 Å². The van der Waals surface area contributed by atoms with Crippen molar-refractivity contribution in [3.05, 3.63) is 29.7 Å². The lowest BCUT2D eigenvalue weighted by atomic mass is 10.1. The van der Waals surface area contributed by atoms with Crippen LogP contribution in [0.5, 0.6) is 0 Å². The van der Waals surface area contributed by atoms with Crippen LogP contribution in [0.3, 0.4) is 0 Å². The van der Waals surface area contributed by atoms with Gasteiger partial charge in [-0.25, -0.2) is 9.97 Å². The van der Waals surface area contributed by atoms with Crippen molar-refractivity contribution in [3.8, 4) is 6.07 Å². The molecule has 1 fully saturated rings. The lowest BCUT2D eigenvalue weighted by Gasteiger charge is -2.24. The third-order valence-electron chi connectivity index (χ3n) is 5.12. The largest absolute Gasteiger partial charge is 0.463 e. The Balaban J connectivity index is 2.08. The zero-order valence-electron chi connectivity index (χ0n) is 20.1. The maximum Gasteiger partial charge on any atom is 0.303 e. The van der Waals surface area contributed by atoms with E-state index in [-0.39, 0.29) is 12.2 Å². The van der Waals surface area contributed by atoms with Crippen LogP contribution in [0.2, 0.25) is 0 Å². The fourth-order valence-electron chi connectivity index (χ4n) is 3.77. The Morgan fingerprint density at radius 3 is 2.40 bits per heavy atom. The summed E-state index contributed by atoms with van der Waals surface area (Å²) in [4.78, 5) is 43.7. The quantitative estimate of drug-likeness (QED) is 0.331. The van der Waals surface area contributed by atoms with Crippen LogP contribution in [-0.4, -0.2) is 63.9 Å². The molecule has 0 aromatic carbocycles. The highest BCUT2D eigenvalue weighted by Crippen LogP contribution is 2.38. The zero-order chi connectivity index (χ0) is 25.7. The molecule has 1 aliphatic rings. The molecule has 0 saturated carbocycles. The van der Waals surface area contributed by atoms with Crippen LogP contribution in [0.25, 0.3) is 11.0 Å². The Morgan fingerprint density at radius 2 is 1.80 bits per heavy atom. The number of allylic oxidation sites excluding steroid dienone is 1.